The highest BCUT2D eigenvalue weighted by atomic mass is 16.3. The molecule has 0 amide bonds. The predicted molar refractivity (Wildman–Crippen MR) is 113 cm³/mol. The van der Waals surface area contributed by atoms with Gasteiger partial charge in [0, 0.05) is 35.1 Å². The van der Waals surface area contributed by atoms with E-state index in [2.05, 4.69) is 40.2 Å². The van der Waals surface area contributed by atoms with E-state index in [1.54, 1.807) is 6.07 Å². The number of aromatic amines is 1. The number of aromatic hydroxyl groups is 1. The molecule has 0 bridgehead atoms. The molecule has 1 aliphatic heterocycles. The van der Waals surface area contributed by atoms with Crippen LogP contribution in [0, 0.1) is 11.8 Å². The number of nitrogens with one attached hydrogen (secondary N) is 1. The molecule has 28 heavy (non-hydrogen) atoms. The van der Waals surface area contributed by atoms with Crippen LogP contribution in [0.4, 0.5) is 0 Å². The molecule has 2 atom stereocenters. The summed E-state index contributed by atoms with van der Waals surface area (Å²) in [7, 11) is 0. The number of piperidine rings is 1. The number of hydrogen-bond acceptors (Lipinski definition) is 2. The summed E-state index contributed by atoms with van der Waals surface area (Å²) in [5, 5.41) is 11.6. The highest BCUT2D eigenvalue weighted by Crippen LogP contribution is 2.50. The minimum absolute atomic E-state index is 0.132. The van der Waals surface area contributed by atoms with Crippen LogP contribution in [0.25, 0.3) is 10.9 Å². The fourth-order valence-electron chi connectivity index (χ4n) is 5.96. The van der Waals surface area contributed by atoms with Crippen LogP contribution in [0.1, 0.15) is 36.1 Å². The van der Waals surface area contributed by atoms with Crippen LogP contribution in [0.15, 0.2) is 48.5 Å². The number of H-pyrrole nitrogens is 1. The predicted octanol–water partition coefficient (Wildman–Crippen LogP) is 4.64. The summed E-state index contributed by atoms with van der Waals surface area (Å²) in [5.74, 6) is 1.95. The van der Waals surface area contributed by atoms with Crippen LogP contribution < -0.4 is 0 Å². The van der Waals surface area contributed by atoms with Gasteiger partial charge >= 0.3 is 0 Å². The van der Waals surface area contributed by atoms with Gasteiger partial charge in [0.25, 0.3) is 0 Å². The SMILES string of the molecule is Oc1cccc([C@]23CCN(CC4CC4)CC2Cc2c([nH]c4ccccc24)C3)c1. The smallest absolute Gasteiger partial charge is 0.115 e. The van der Waals surface area contributed by atoms with Crippen molar-refractivity contribution in [3.8, 4) is 5.75 Å². The first-order valence-electron chi connectivity index (χ1n) is 10.8. The van der Waals surface area contributed by atoms with Crippen molar-refractivity contribution in [1.82, 2.24) is 9.88 Å². The number of nitrogens with zero attached hydrogens (tertiary/aromatic N) is 1. The van der Waals surface area contributed by atoms with E-state index in [-0.39, 0.29) is 5.41 Å². The first kappa shape index (κ1) is 16.7. The van der Waals surface area contributed by atoms with Gasteiger partial charge in [0.2, 0.25) is 0 Å². The molecule has 1 aromatic heterocycles. The van der Waals surface area contributed by atoms with Crippen molar-refractivity contribution in [2.75, 3.05) is 19.6 Å². The molecule has 1 saturated carbocycles. The molecule has 2 aliphatic carbocycles. The van der Waals surface area contributed by atoms with E-state index in [4.69, 9.17) is 0 Å². The third kappa shape index (κ3) is 2.60. The second-order valence-corrected chi connectivity index (χ2v) is 9.36. The summed E-state index contributed by atoms with van der Waals surface area (Å²) < 4.78 is 0. The maximum absolute atomic E-state index is 10.2. The van der Waals surface area contributed by atoms with Crippen LogP contribution in [0.5, 0.6) is 5.75 Å². The molecule has 1 saturated heterocycles. The Labute approximate surface area is 166 Å². The van der Waals surface area contributed by atoms with Gasteiger partial charge in [0.1, 0.15) is 5.75 Å². The van der Waals surface area contributed by atoms with Gasteiger partial charge in [-0.05, 0) is 79.8 Å². The Bertz CT molecular complexity index is 1030. The van der Waals surface area contributed by atoms with Crippen LogP contribution in [-0.4, -0.2) is 34.6 Å². The Balaban J connectivity index is 1.44. The first-order chi connectivity index (χ1) is 13.7. The topological polar surface area (TPSA) is 39.3 Å². The molecular weight excluding hydrogens is 344 g/mol. The summed E-state index contributed by atoms with van der Waals surface area (Å²) in [6.07, 6.45) is 6.22. The molecule has 2 fully saturated rings. The number of fused-ring (bicyclic) bond motifs is 4. The van der Waals surface area contributed by atoms with Crippen molar-refractivity contribution in [1.29, 1.82) is 0 Å². The summed E-state index contributed by atoms with van der Waals surface area (Å²) >= 11 is 0. The van der Waals surface area contributed by atoms with Crippen LogP contribution in [-0.2, 0) is 18.3 Å². The fraction of sp³-hybridized carbons (Fsp3) is 0.440. The molecule has 3 aromatic rings. The molecule has 6 rings (SSSR count). The second-order valence-electron chi connectivity index (χ2n) is 9.36. The van der Waals surface area contributed by atoms with Crippen molar-refractivity contribution < 1.29 is 5.11 Å². The van der Waals surface area contributed by atoms with Gasteiger partial charge in [0.05, 0.1) is 0 Å². The maximum Gasteiger partial charge on any atom is 0.115 e. The molecule has 3 aliphatic rings. The van der Waals surface area contributed by atoms with Gasteiger partial charge in [0.15, 0.2) is 0 Å². The quantitative estimate of drug-likeness (QED) is 0.703. The summed E-state index contributed by atoms with van der Waals surface area (Å²) in [6, 6.07) is 16.9. The first-order valence-corrected chi connectivity index (χ1v) is 10.8. The lowest BCUT2D eigenvalue weighted by Crippen LogP contribution is -2.54. The third-order valence-electron chi connectivity index (χ3n) is 7.61. The van der Waals surface area contributed by atoms with E-state index in [0.717, 1.165) is 18.8 Å². The van der Waals surface area contributed by atoms with Crippen LogP contribution in [0.3, 0.4) is 0 Å². The summed E-state index contributed by atoms with van der Waals surface area (Å²) in [4.78, 5) is 6.46. The Morgan fingerprint density at radius 1 is 1.11 bits per heavy atom. The van der Waals surface area contributed by atoms with Gasteiger partial charge < -0.3 is 15.0 Å². The minimum atomic E-state index is 0.132. The Morgan fingerprint density at radius 3 is 2.86 bits per heavy atom. The molecule has 0 radical (unpaired) electrons. The van der Waals surface area contributed by atoms with E-state index >= 15 is 0 Å². The number of phenolic OH excluding ortho intramolecular Hbond substituents is 1. The van der Waals surface area contributed by atoms with Gasteiger partial charge in [-0.3, -0.25) is 0 Å². The van der Waals surface area contributed by atoms with E-state index in [1.165, 1.54) is 66.6 Å². The number of rotatable bonds is 3. The maximum atomic E-state index is 10.2. The third-order valence-corrected chi connectivity index (χ3v) is 7.61. The minimum Gasteiger partial charge on any atom is -0.508 e. The van der Waals surface area contributed by atoms with Crippen LogP contribution >= 0.6 is 0 Å². The molecule has 3 nitrogen and oxygen atoms in total. The normalized spacial score (nSPS) is 27.5. The fourth-order valence-corrected chi connectivity index (χ4v) is 5.96. The number of phenols is 1. The highest BCUT2D eigenvalue weighted by Gasteiger charge is 2.48. The molecule has 2 aromatic carbocycles. The molecule has 3 heteroatoms. The second kappa shape index (κ2) is 6.12. The van der Waals surface area contributed by atoms with E-state index in [1.807, 2.05) is 12.1 Å². The van der Waals surface area contributed by atoms with Gasteiger partial charge in [-0.15, -0.1) is 0 Å². The molecular formula is C25H28N2O. The largest absolute Gasteiger partial charge is 0.508 e. The molecule has 1 unspecified atom stereocenters. The number of benzene rings is 2. The van der Waals surface area contributed by atoms with Gasteiger partial charge in [-0.1, -0.05) is 30.3 Å². The Morgan fingerprint density at radius 2 is 2.00 bits per heavy atom. The van der Waals surface area contributed by atoms with E-state index in [0.29, 0.717) is 11.7 Å². The van der Waals surface area contributed by atoms with Crippen LogP contribution in [0.2, 0.25) is 0 Å². The number of para-hydroxylation sites is 1. The standard InChI is InChI=1S/C25H28N2O/c28-20-5-3-4-18(12-20)25-10-11-27(15-17-8-9-17)16-19(25)13-22-21-6-1-2-7-23(21)26-24(22)14-25/h1-7,12,17,19,26,28H,8-11,13-16H2/t19?,25-/m1/s1. The number of likely N-dealkylation sites (tertiary alicyclic amines) is 1. The summed E-state index contributed by atoms with van der Waals surface area (Å²) in [6.45, 7) is 3.65. The highest BCUT2D eigenvalue weighted by molar-refractivity contribution is 5.85. The zero-order valence-electron chi connectivity index (χ0n) is 16.3. The van der Waals surface area contributed by atoms with Crippen molar-refractivity contribution in [2.45, 2.75) is 37.5 Å². The number of aromatic nitrogens is 1. The molecule has 144 valence electrons. The molecule has 0 spiro atoms. The summed E-state index contributed by atoms with van der Waals surface area (Å²) in [5.41, 5.74) is 5.67. The van der Waals surface area contributed by atoms with Crippen molar-refractivity contribution in [3.63, 3.8) is 0 Å². The lowest BCUT2D eigenvalue weighted by molar-refractivity contribution is 0.0783. The van der Waals surface area contributed by atoms with E-state index in [9.17, 15) is 5.11 Å². The monoisotopic (exact) mass is 372 g/mol. The Hall–Kier alpha value is -2.26. The molecule has 2 heterocycles. The van der Waals surface area contributed by atoms with Crippen molar-refractivity contribution >= 4 is 10.9 Å². The lowest BCUT2D eigenvalue weighted by Gasteiger charge is -2.51. The zero-order chi connectivity index (χ0) is 18.7. The lowest BCUT2D eigenvalue weighted by atomic mass is 9.58. The van der Waals surface area contributed by atoms with Crippen molar-refractivity contribution in [2.24, 2.45) is 11.8 Å². The van der Waals surface area contributed by atoms with E-state index < -0.39 is 0 Å². The average Bonchev–Trinajstić information content (AvgIpc) is 3.45. The molecule has 2 N–H and O–H groups in total. The van der Waals surface area contributed by atoms with Crippen molar-refractivity contribution in [3.05, 3.63) is 65.4 Å². The van der Waals surface area contributed by atoms with Gasteiger partial charge in [-0.25, -0.2) is 0 Å². The average molecular weight is 373 g/mol. The van der Waals surface area contributed by atoms with Gasteiger partial charge in [-0.2, -0.15) is 0 Å². The number of hydrogen-bond donors (Lipinski definition) is 2. The Kier molecular flexibility index (Phi) is 3.64. The zero-order valence-corrected chi connectivity index (χ0v) is 16.3.